The Hall–Kier alpha value is -3.03. The van der Waals surface area contributed by atoms with Crippen molar-refractivity contribution >= 4 is 12.1 Å². The molecule has 0 aliphatic heterocycles. The molecule has 1 amide bonds. The Morgan fingerprint density at radius 3 is 2.53 bits per heavy atom. The predicted octanol–water partition coefficient (Wildman–Crippen LogP) is 4.79. The van der Waals surface area contributed by atoms with Crippen LogP contribution in [0.5, 0.6) is 5.75 Å². The van der Waals surface area contributed by atoms with Gasteiger partial charge in [-0.3, -0.25) is 4.79 Å². The number of carbonyl (C=O) groups excluding carboxylic acids is 1. The monoisotopic (exact) mass is 442 g/mol. The molecular weight excluding hydrogens is 412 g/mol. The molecule has 2 aromatic rings. The standard InChI is InChI=1S/C24H30N2O6/c1-15-21(14-30-24(29)26(2)18-5-3-4-6-18)22(32-25-15)16-7-10-19(11-8-16)31-20-12-9-17(13-20)23(27)28/h7-8,10-11,17-18,20H,3-6,9,12-14H2,1-2H3,(H,27,28)/t17-,20-/m1/s1. The Labute approximate surface area is 187 Å². The van der Waals surface area contributed by atoms with Crippen LogP contribution in [0, 0.1) is 12.8 Å². The molecule has 172 valence electrons. The quantitative estimate of drug-likeness (QED) is 0.657. The molecule has 1 aromatic heterocycles. The number of aryl methyl sites for hydroxylation is 1. The van der Waals surface area contributed by atoms with Crippen molar-refractivity contribution < 1.29 is 28.7 Å². The van der Waals surface area contributed by atoms with Crippen molar-refractivity contribution in [2.45, 2.75) is 70.6 Å². The minimum absolute atomic E-state index is 0.0821. The number of hydrogen-bond donors (Lipinski definition) is 1. The van der Waals surface area contributed by atoms with Gasteiger partial charge in [0.1, 0.15) is 12.4 Å². The topological polar surface area (TPSA) is 102 Å². The fraction of sp³-hybridized carbons (Fsp3) is 0.542. The highest BCUT2D eigenvalue weighted by molar-refractivity contribution is 5.70. The number of aromatic nitrogens is 1. The van der Waals surface area contributed by atoms with Crippen LogP contribution in [0.2, 0.25) is 0 Å². The van der Waals surface area contributed by atoms with Crippen LogP contribution in [0.4, 0.5) is 4.79 Å². The number of carboxylic acids is 1. The van der Waals surface area contributed by atoms with E-state index in [0.717, 1.165) is 43.2 Å². The number of aliphatic carboxylic acids is 1. The maximum Gasteiger partial charge on any atom is 0.410 e. The Morgan fingerprint density at radius 1 is 1.16 bits per heavy atom. The Morgan fingerprint density at radius 2 is 1.88 bits per heavy atom. The van der Waals surface area contributed by atoms with Crippen LogP contribution < -0.4 is 4.74 Å². The third-order valence-corrected chi connectivity index (χ3v) is 6.64. The molecular formula is C24H30N2O6. The number of hydrogen-bond acceptors (Lipinski definition) is 6. The minimum Gasteiger partial charge on any atom is -0.490 e. The van der Waals surface area contributed by atoms with Gasteiger partial charge in [0.15, 0.2) is 5.76 Å². The van der Waals surface area contributed by atoms with E-state index in [0.29, 0.717) is 30.0 Å². The number of benzene rings is 1. The summed E-state index contributed by atoms with van der Waals surface area (Å²) in [4.78, 5) is 25.3. The molecule has 2 saturated carbocycles. The summed E-state index contributed by atoms with van der Waals surface area (Å²) in [5, 5.41) is 13.2. The van der Waals surface area contributed by atoms with E-state index in [4.69, 9.17) is 19.1 Å². The summed E-state index contributed by atoms with van der Waals surface area (Å²) in [7, 11) is 1.79. The summed E-state index contributed by atoms with van der Waals surface area (Å²) in [6.07, 6.45) is 5.85. The van der Waals surface area contributed by atoms with Gasteiger partial charge in [-0.05, 0) is 63.3 Å². The van der Waals surface area contributed by atoms with Gasteiger partial charge in [0, 0.05) is 18.7 Å². The molecule has 1 aromatic carbocycles. The molecule has 0 radical (unpaired) electrons. The molecule has 2 atom stereocenters. The number of carboxylic acid groups (broad SMARTS) is 1. The second kappa shape index (κ2) is 9.63. The number of ether oxygens (including phenoxy) is 2. The van der Waals surface area contributed by atoms with E-state index < -0.39 is 5.97 Å². The molecule has 0 saturated heterocycles. The normalized spacial score (nSPS) is 20.9. The predicted molar refractivity (Wildman–Crippen MR) is 116 cm³/mol. The van der Waals surface area contributed by atoms with E-state index >= 15 is 0 Å². The van der Waals surface area contributed by atoms with Crippen LogP contribution in [0.15, 0.2) is 28.8 Å². The maximum atomic E-state index is 12.5. The van der Waals surface area contributed by atoms with Crippen LogP contribution in [-0.2, 0) is 16.1 Å². The van der Waals surface area contributed by atoms with E-state index in [2.05, 4.69) is 5.16 Å². The Balaban J connectivity index is 1.38. The summed E-state index contributed by atoms with van der Waals surface area (Å²) in [6.45, 7) is 1.92. The van der Waals surface area contributed by atoms with Crippen LogP contribution in [0.3, 0.4) is 0 Å². The van der Waals surface area contributed by atoms with Gasteiger partial charge in [0.25, 0.3) is 0 Å². The third kappa shape index (κ3) is 4.89. The molecule has 1 heterocycles. The zero-order chi connectivity index (χ0) is 22.7. The van der Waals surface area contributed by atoms with E-state index in [1.54, 1.807) is 11.9 Å². The molecule has 8 heteroatoms. The van der Waals surface area contributed by atoms with Gasteiger partial charge >= 0.3 is 12.1 Å². The fourth-order valence-electron chi connectivity index (χ4n) is 4.61. The molecule has 4 rings (SSSR count). The van der Waals surface area contributed by atoms with Crippen molar-refractivity contribution in [2.24, 2.45) is 5.92 Å². The number of carbonyl (C=O) groups is 2. The molecule has 0 spiro atoms. The number of rotatable bonds is 7. The van der Waals surface area contributed by atoms with Gasteiger partial charge in [0.2, 0.25) is 0 Å². The molecule has 2 aliphatic rings. The third-order valence-electron chi connectivity index (χ3n) is 6.64. The number of nitrogens with zero attached hydrogens (tertiary/aromatic N) is 2. The highest BCUT2D eigenvalue weighted by Gasteiger charge is 2.31. The second-order valence-corrected chi connectivity index (χ2v) is 8.79. The zero-order valence-electron chi connectivity index (χ0n) is 18.6. The first-order valence-electron chi connectivity index (χ1n) is 11.3. The van der Waals surface area contributed by atoms with Crippen molar-refractivity contribution in [3.05, 3.63) is 35.5 Å². The lowest BCUT2D eigenvalue weighted by Crippen LogP contribution is -2.35. The Kier molecular flexibility index (Phi) is 6.67. The van der Waals surface area contributed by atoms with Gasteiger partial charge in [-0.2, -0.15) is 0 Å². The maximum absolute atomic E-state index is 12.5. The zero-order valence-corrected chi connectivity index (χ0v) is 18.6. The van der Waals surface area contributed by atoms with Crippen LogP contribution in [-0.4, -0.2) is 46.4 Å². The van der Waals surface area contributed by atoms with Crippen molar-refractivity contribution in [1.82, 2.24) is 10.1 Å². The van der Waals surface area contributed by atoms with Crippen molar-refractivity contribution in [2.75, 3.05) is 7.05 Å². The molecule has 32 heavy (non-hydrogen) atoms. The molecule has 2 fully saturated rings. The smallest absolute Gasteiger partial charge is 0.410 e. The molecule has 1 N–H and O–H groups in total. The average molecular weight is 443 g/mol. The van der Waals surface area contributed by atoms with Crippen LogP contribution in [0.25, 0.3) is 11.3 Å². The van der Waals surface area contributed by atoms with Gasteiger partial charge in [0.05, 0.1) is 23.3 Å². The molecule has 0 bridgehead atoms. The largest absolute Gasteiger partial charge is 0.490 e. The highest BCUT2D eigenvalue weighted by atomic mass is 16.6. The van der Waals surface area contributed by atoms with Crippen LogP contribution >= 0.6 is 0 Å². The van der Waals surface area contributed by atoms with E-state index in [1.807, 2.05) is 31.2 Å². The first kappa shape index (κ1) is 22.2. The van der Waals surface area contributed by atoms with Gasteiger partial charge in [-0.1, -0.05) is 18.0 Å². The van der Waals surface area contributed by atoms with Crippen LogP contribution in [0.1, 0.15) is 56.2 Å². The van der Waals surface area contributed by atoms with E-state index in [1.165, 1.54) is 0 Å². The van der Waals surface area contributed by atoms with Gasteiger partial charge < -0.3 is 24.0 Å². The first-order valence-corrected chi connectivity index (χ1v) is 11.3. The SMILES string of the molecule is Cc1noc(-c2ccc(O[C@@H]3CC[C@@H](C(=O)O)C3)cc2)c1COC(=O)N(C)C1CCCC1. The van der Waals surface area contributed by atoms with Crippen molar-refractivity contribution in [1.29, 1.82) is 0 Å². The summed E-state index contributed by atoms with van der Waals surface area (Å²) in [6, 6.07) is 7.67. The molecule has 2 aliphatic carbocycles. The average Bonchev–Trinajstić information content (AvgIpc) is 3.54. The lowest BCUT2D eigenvalue weighted by atomic mass is 10.1. The summed E-state index contributed by atoms with van der Waals surface area (Å²) in [5.41, 5.74) is 2.23. The van der Waals surface area contributed by atoms with Gasteiger partial charge in [-0.15, -0.1) is 0 Å². The molecule has 0 unspecified atom stereocenters. The minimum atomic E-state index is -0.755. The lowest BCUT2D eigenvalue weighted by Gasteiger charge is -2.23. The van der Waals surface area contributed by atoms with Crippen molar-refractivity contribution in [3.8, 4) is 17.1 Å². The van der Waals surface area contributed by atoms with Gasteiger partial charge in [-0.25, -0.2) is 4.79 Å². The summed E-state index contributed by atoms with van der Waals surface area (Å²) in [5.74, 6) is 0.175. The first-order chi connectivity index (χ1) is 15.4. The lowest BCUT2D eigenvalue weighted by molar-refractivity contribution is -0.141. The van der Waals surface area contributed by atoms with E-state index in [-0.39, 0.29) is 30.8 Å². The van der Waals surface area contributed by atoms with E-state index in [9.17, 15) is 9.59 Å². The molecule has 8 nitrogen and oxygen atoms in total. The Bertz CT molecular complexity index is 948. The second-order valence-electron chi connectivity index (χ2n) is 8.79. The summed E-state index contributed by atoms with van der Waals surface area (Å²) >= 11 is 0. The fourth-order valence-corrected chi connectivity index (χ4v) is 4.61. The van der Waals surface area contributed by atoms with Crippen molar-refractivity contribution in [3.63, 3.8) is 0 Å². The number of amides is 1. The highest BCUT2D eigenvalue weighted by Crippen LogP contribution is 2.32. The summed E-state index contributed by atoms with van der Waals surface area (Å²) < 4.78 is 17.0.